The standard InChI is InChI=1S/C23H21F3N6O/c1-14-5-8-18(32-12-4-10-27-32)19(28-14)20(33)31-11-3-9-22(31,2)21-29-16-7-6-15(23(24,25)26)13-17(16)30-21/h4-8,10,12-13H,3,9,11H2,1-2H3,(H,29,30)/t22-/m0/s1. The van der Waals surface area contributed by atoms with Crippen LogP contribution in [0.5, 0.6) is 0 Å². The number of hydrogen-bond donors (Lipinski definition) is 1. The molecule has 0 saturated carbocycles. The average molecular weight is 454 g/mol. The van der Waals surface area contributed by atoms with Crippen molar-refractivity contribution in [3.05, 3.63) is 71.6 Å². The molecule has 1 aliphatic heterocycles. The molecule has 1 atom stereocenters. The fraction of sp³-hybridized carbons (Fsp3) is 0.304. The number of imidazole rings is 1. The number of aromatic amines is 1. The number of nitrogens with zero attached hydrogens (tertiary/aromatic N) is 5. The number of aryl methyl sites for hydroxylation is 1. The number of alkyl halides is 3. The number of carbonyl (C=O) groups is 1. The minimum Gasteiger partial charge on any atom is -0.340 e. The number of hydrogen-bond acceptors (Lipinski definition) is 4. The van der Waals surface area contributed by atoms with E-state index < -0.39 is 17.3 Å². The number of amides is 1. The highest BCUT2D eigenvalue weighted by Crippen LogP contribution is 2.40. The number of aromatic nitrogens is 5. The second kappa shape index (κ2) is 7.43. The molecule has 10 heteroatoms. The van der Waals surface area contributed by atoms with Gasteiger partial charge in [-0.1, -0.05) is 0 Å². The molecule has 0 spiro atoms. The summed E-state index contributed by atoms with van der Waals surface area (Å²) in [5.74, 6) is 0.177. The molecule has 170 valence electrons. The second-order valence-corrected chi connectivity index (χ2v) is 8.42. The molecule has 1 amide bonds. The predicted octanol–water partition coefficient (Wildman–Crippen LogP) is 4.62. The van der Waals surface area contributed by atoms with Gasteiger partial charge < -0.3 is 9.88 Å². The Morgan fingerprint density at radius 2 is 2.00 bits per heavy atom. The average Bonchev–Trinajstić information content (AvgIpc) is 3.52. The Hall–Kier alpha value is -3.69. The van der Waals surface area contributed by atoms with E-state index in [1.165, 1.54) is 6.07 Å². The molecule has 33 heavy (non-hydrogen) atoms. The van der Waals surface area contributed by atoms with E-state index in [0.717, 1.165) is 18.6 Å². The largest absolute Gasteiger partial charge is 0.416 e. The summed E-state index contributed by atoms with van der Waals surface area (Å²) in [6, 6.07) is 8.79. The van der Waals surface area contributed by atoms with Crippen molar-refractivity contribution in [2.24, 2.45) is 0 Å². The number of rotatable bonds is 3. The number of benzene rings is 1. The van der Waals surface area contributed by atoms with E-state index >= 15 is 0 Å². The smallest absolute Gasteiger partial charge is 0.340 e. The summed E-state index contributed by atoms with van der Waals surface area (Å²) in [5.41, 5.74) is 0.657. The Kier molecular flexibility index (Phi) is 4.77. The highest BCUT2D eigenvalue weighted by Gasteiger charge is 2.44. The van der Waals surface area contributed by atoms with Crippen molar-refractivity contribution in [3.63, 3.8) is 0 Å². The van der Waals surface area contributed by atoms with Crippen LogP contribution in [0.25, 0.3) is 16.7 Å². The lowest BCUT2D eigenvalue weighted by Crippen LogP contribution is -2.44. The number of H-pyrrole nitrogens is 1. The van der Waals surface area contributed by atoms with E-state index in [2.05, 4.69) is 20.1 Å². The summed E-state index contributed by atoms with van der Waals surface area (Å²) in [7, 11) is 0. The van der Waals surface area contributed by atoms with Crippen LogP contribution >= 0.6 is 0 Å². The van der Waals surface area contributed by atoms with Gasteiger partial charge in [-0.2, -0.15) is 18.3 Å². The third-order valence-corrected chi connectivity index (χ3v) is 6.17. The molecule has 0 unspecified atom stereocenters. The van der Waals surface area contributed by atoms with Gasteiger partial charge in [0.1, 0.15) is 5.82 Å². The molecule has 1 aliphatic rings. The van der Waals surface area contributed by atoms with Crippen molar-refractivity contribution in [1.82, 2.24) is 29.6 Å². The van der Waals surface area contributed by atoms with E-state index in [4.69, 9.17) is 0 Å². The first-order chi connectivity index (χ1) is 15.7. The third-order valence-electron chi connectivity index (χ3n) is 6.17. The van der Waals surface area contributed by atoms with Gasteiger partial charge >= 0.3 is 6.18 Å². The van der Waals surface area contributed by atoms with Crippen molar-refractivity contribution < 1.29 is 18.0 Å². The molecular formula is C23H21F3N6O. The highest BCUT2D eigenvalue weighted by atomic mass is 19.4. The zero-order chi connectivity index (χ0) is 23.4. The van der Waals surface area contributed by atoms with E-state index in [-0.39, 0.29) is 17.1 Å². The summed E-state index contributed by atoms with van der Waals surface area (Å²) in [6.07, 6.45) is 0.267. The maximum atomic E-state index is 13.7. The number of halogens is 3. The molecule has 0 bridgehead atoms. The molecule has 4 aromatic rings. The fourth-order valence-electron chi connectivity index (χ4n) is 4.41. The molecular weight excluding hydrogens is 433 g/mol. The Balaban J connectivity index is 1.56. The van der Waals surface area contributed by atoms with Crippen LogP contribution in [0.1, 0.15) is 47.3 Å². The van der Waals surface area contributed by atoms with Crippen molar-refractivity contribution in [2.75, 3.05) is 6.54 Å². The van der Waals surface area contributed by atoms with Crippen molar-refractivity contribution in [1.29, 1.82) is 0 Å². The topological polar surface area (TPSA) is 79.7 Å². The fourth-order valence-corrected chi connectivity index (χ4v) is 4.41. The Morgan fingerprint density at radius 3 is 2.73 bits per heavy atom. The lowest BCUT2D eigenvalue weighted by atomic mass is 9.97. The van der Waals surface area contributed by atoms with Gasteiger partial charge in [-0.25, -0.2) is 14.6 Å². The van der Waals surface area contributed by atoms with Gasteiger partial charge in [0.2, 0.25) is 0 Å². The second-order valence-electron chi connectivity index (χ2n) is 8.42. The highest BCUT2D eigenvalue weighted by molar-refractivity contribution is 5.96. The maximum absolute atomic E-state index is 13.7. The van der Waals surface area contributed by atoms with Crippen molar-refractivity contribution in [3.8, 4) is 5.69 Å². The molecule has 0 aliphatic carbocycles. The molecule has 1 fully saturated rings. The molecule has 0 radical (unpaired) electrons. The predicted molar refractivity (Wildman–Crippen MR) is 115 cm³/mol. The van der Waals surface area contributed by atoms with E-state index in [9.17, 15) is 18.0 Å². The minimum atomic E-state index is -4.45. The van der Waals surface area contributed by atoms with Gasteiger partial charge in [0.05, 0.1) is 27.8 Å². The van der Waals surface area contributed by atoms with E-state index in [1.807, 2.05) is 19.9 Å². The van der Waals surface area contributed by atoms with Gasteiger partial charge in [0.25, 0.3) is 5.91 Å². The number of nitrogens with one attached hydrogen (secondary N) is 1. The number of likely N-dealkylation sites (tertiary alicyclic amines) is 1. The molecule has 1 aromatic carbocycles. The number of carbonyl (C=O) groups excluding carboxylic acids is 1. The zero-order valence-electron chi connectivity index (χ0n) is 18.0. The maximum Gasteiger partial charge on any atom is 0.416 e. The molecule has 5 rings (SSSR count). The first-order valence-corrected chi connectivity index (χ1v) is 10.5. The monoisotopic (exact) mass is 454 g/mol. The Bertz CT molecular complexity index is 1340. The minimum absolute atomic E-state index is 0.266. The van der Waals surface area contributed by atoms with E-state index in [0.29, 0.717) is 35.7 Å². The summed E-state index contributed by atoms with van der Waals surface area (Å²) in [4.78, 5) is 27.5. The molecule has 7 nitrogen and oxygen atoms in total. The first kappa shape index (κ1) is 21.2. The SMILES string of the molecule is Cc1ccc(-n2cccn2)c(C(=O)N2CCC[C@@]2(C)c2nc3ccc(C(F)(F)F)cc3[nH]2)n1. The van der Waals surface area contributed by atoms with Crippen LogP contribution in [0.4, 0.5) is 13.2 Å². The first-order valence-electron chi connectivity index (χ1n) is 10.5. The van der Waals surface area contributed by atoms with Crippen LogP contribution < -0.4 is 0 Å². The van der Waals surface area contributed by atoms with Crippen LogP contribution in [-0.4, -0.2) is 42.1 Å². The van der Waals surface area contributed by atoms with E-state index in [1.54, 1.807) is 34.1 Å². The van der Waals surface area contributed by atoms with Gasteiger partial charge in [-0.05, 0) is 63.1 Å². The summed E-state index contributed by atoms with van der Waals surface area (Å²) >= 11 is 0. The summed E-state index contributed by atoms with van der Waals surface area (Å²) in [6.45, 7) is 4.17. The van der Waals surface area contributed by atoms with Crippen LogP contribution in [0, 0.1) is 6.92 Å². The van der Waals surface area contributed by atoms with Crippen LogP contribution in [0.3, 0.4) is 0 Å². The molecule has 3 aromatic heterocycles. The van der Waals surface area contributed by atoms with Gasteiger partial charge in [-0.3, -0.25) is 4.79 Å². The third kappa shape index (κ3) is 3.55. The van der Waals surface area contributed by atoms with Crippen LogP contribution in [-0.2, 0) is 11.7 Å². The van der Waals surface area contributed by atoms with Crippen molar-refractivity contribution >= 4 is 16.9 Å². The van der Waals surface area contributed by atoms with Gasteiger partial charge in [0.15, 0.2) is 5.69 Å². The lowest BCUT2D eigenvalue weighted by molar-refractivity contribution is -0.137. The quantitative estimate of drug-likeness (QED) is 0.490. The Labute approximate surface area is 187 Å². The van der Waals surface area contributed by atoms with Crippen LogP contribution in [0.2, 0.25) is 0 Å². The molecule has 4 heterocycles. The Morgan fingerprint density at radius 1 is 1.18 bits per heavy atom. The number of pyridine rings is 1. The van der Waals surface area contributed by atoms with Crippen molar-refractivity contribution in [2.45, 2.75) is 38.4 Å². The normalized spacial score (nSPS) is 18.9. The molecule has 1 N–H and O–H groups in total. The van der Waals surface area contributed by atoms with Gasteiger partial charge in [-0.15, -0.1) is 0 Å². The molecule has 1 saturated heterocycles. The van der Waals surface area contributed by atoms with Crippen LogP contribution in [0.15, 0.2) is 48.8 Å². The summed E-state index contributed by atoms with van der Waals surface area (Å²) in [5, 5.41) is 4.23. The van der Waals surface area contributed by atoms with Gasteiger partial charge in [0, 0.05) is 24.6 Å². The zero-order valence-corrected chi connectivity index (χ0v) is 18.0. The number of fused-ring (bicyclic) bond motifs is 1. The lowest BCUT2D eigenvalue weighted by Gasteiger charge is -2.33. The summed E-state index contributed by atoms with van der Waals surface area (Å²) < 4.78 is 41.0.